The largest absolute Gasteiger partial charge is 0.481 e. The maximum absolute atomic E-state index is 12.1. The monoisotopic (exact) mass is 342 g/mol. The van der Waals surface area contributed by atoms with Gasteiger partial charge in [-0.2, -0.15) is 0 Å². The third-order valence-electron chi connectivity index (χ3n) is 4.84. The molecule has 0 aromatic heterocycles. The number of hydrogen-bond acceptors (Lipinski definition) is 5. The molecule has 2 unspecified atom stereocenters. The van der Waals surface area contributed by atoms with Crippen molar-refractivity contribution in [3.05, 3.63) is 0 Å². The van der Waals surface area contributed by atoms with Crippen molar-refractivity contribution >= 4 is 17.9 Å². The summed E-state index contributed by atoms with van der Waals surface area (Å²) < 4.78 is 10.4. The van der Waals surface area contributed by atoms with Gasteiger partial charge in [-0.3, -0.25) is 14.4 Å². The Morgan fingerprint density at radius 2 is 1.54 bits per heavy atom. The Kier molecular flexibility index (Phi) is 8.22. The van der Waals surface area contributed by atoms with Crippen LogP contribution in [0.4, 0.5) is 0 Å². The van der Waals surface area contributed by atoms with Crippen LogP contribution >= 0.6 is 0 Å². The van der Waals surface area contributed by atoms with Crippen LogP contribution in [0.3, 0.4) is 0 Å². The van der Waals surface area contributed by atoms with Gasteiger partial charge >= 0.3 is 17.9 Å². The number of rotatable bonds is 9. The zero-order chi connectivity index (χ0) is 18.2. The fourth-order valence-corrected chi connectivity index (χ4v) is 2.70. The molecule has 0 aliphatic heterocycles. The lowest BCUT2D eigenvalue weighted by Crippen LogP contribution is -2.34. The SMILES string of the molecule is CCC(C)(C)C(=O)OCCCCOC(=O)C1CCCCC1C(=O)O. The molecule has 2 atom stereocenters. The van der Waals surface area contributed by atoms with Crippen molar-refractivity contribution in [2.24, 2.45) is 17.3 Å². The normalized spacial score (nSPS) is 21.1. The van der Waals surface area contributed by atoms with Crippen LogP contribution in [0.1, 0.15) is 65.7 Å². The van der Waals surface area contributed by atoms with Gasteiger partial charge in [0.05, 0.1) is 30.5 Å². The molecule has 0 radical (unpaired) electrons. The van der Waals surface area contributed by atoms with Gasteiger partial charge in [0.2, 0.25) is 0 Å². The second kappa shape index (κ2) is 9.64. The number of aliphatic carboxylic acids is 1. The van der Waals surface area contributed by atoms with Crippen LogP contribution in [-0.2, 0) is 23.9 Å². The first-order valence-electron chi connectivity index (χ1n) is 8.86. The number of carbonyl (C=O) groups excluding carboxylic acids is 2. The van der Waals surface area contributed by atoms with E-state index in [0.29, 0.717) is 32.3 Å². The van der Waals surface area contributed by atoms with Crippen molar-refractivity contribution in [2.45, 2.75) is 65.7 Å². The Balaban J connectivity index is 2.22. The maximum atomic E-state index is 12.1. The molecule has 0 bridgehead atoms. The molecule has 6 nitrogen and oxygen atoms in total. The standard InChI is InChI=1S/C18H30O6/c1-4-18(2,3)17(22)24-12-8-7-11-23-16(21)14-10-6-5-9-13(14)15(19)20/h13-14H,4-12H2,1-3H3,(H,19,20). The minimum Gasteiger partial charge on any atom is -0.481 e. The van der Waals surface area contributed by atoms with E-state index in [1.807, 2.05) is 20.8 Å². The third-order valence-corrected chi connectivity index (χ3v) is 4.84. The second-order valence-electron chi connectivity index (χ2n) is 7.08. The summed E-state index contributed by atoms with van der Waals surface area (Å²) in [6, 6.07) is 0. The first-order chi connectivity index (χ1) is 11.3. The summed E-state index contributed by atoms with van der Waals surface area (Å²) >= 11 is 0. The average molecular weight is 342 g/mol. The molecular formula is C18H30O6. The molecule has 0 amide bonds. The average Bonchev–Trinajstić information content (AvgIpc) is 2.57. The predicted octanol–water partition coefficient (Wildman–Crippen LogP) is 3.18. The quantitative estimate of drug-likeness (QED) is 0.511. The first kappa shape index (κ1) is 20.5. The highest BCUT2D eigenvalue weighted by Crippen LogP contribution is 2.31. The number of ether oxygens (including phenoxy) is 2. The Bertz CT molecular complexity index is 443. The molecule has 1 fully saturated rings. The van der Waals surface area contributed by atoms with Gasteiger partial charge in [-0.05, 0) is 46.0 Å². The fourth-order valence-electron chi connectivity index (χ4n) is 2.70. The summed E-state index contributed by atoms with van der Waals surface area (Å²) in [6.07, 6.45) is 4.77. The van der Waals surface area contributed by atoms with Crippen LogP contribution in [0.2, 0.25) is 0 Å². The number of unbranched alkanes of at least 4 members (excludes halogenated alkanes) is 1. The molecule has 1 N–H and O–H groups in total. The molecule has 24 heavy (non-hydrogen) atoms. The number of carboxylic acids is 1. The summed E-state index contributed by atoms with van der Waals surface area (Å²) in [4.78, 5) is 35.0. The zero-order valence-electron chi connectivity index (χ0n) is 15.0. The van der Waals surface area contributed by atoms with Crippen LogP contribution < -0.4 is 0 Å². The smallest absolute Gasteiger partial charge is 0.311 e. The molecule has 0 aromatic rings. The topological polar surface area (TPSA) is 89.9 Å². The third kappa shape index (κ3) is 6.13. The maximum Gasteiger partial charge on any atom is 0.311 e. The van der Waals surface area contributed by atoms with Gasteiger partial charge in [0.25, 0.3) is 0 Å². The predicted molar refractivity (Wildman–Crippen MR) is 88.3 cm³/mol. The molecule has 1 rings (SSSR count). The summed E-state index contributed by atoms with van der Waals surface area (Å²) in [6.45, 7) is 6.17. The van der Waals surface area contributed by atoms with E-state index in [0.717, 1.165) is 19.3 Å². The molecule has 0 aromatic carbocycles. The summed E-state index contributed by atoms with van der Waals surface area (Å²) in [7, 11) is 0. The van der Waals surface area contributed by atoms with E-state index in [1.165, 1.54) is 0 Å². The van der Waals surface area contributed by atoms with E-state index < -0.39 is 29.2 Å². The van der Waals surface area contributed by atoms with Crippen LogP contribution in [0.15, 0.2) is 0 Å². The van der Waals surface area contributed by atoms with Gasteiger partial charge in [-0.15, -0.1) is 0 Å². The van der Waals surface area contributed by atoms with E-state index in [-0.39, 0.29) is 12.6 Å². The summed E-state index contributed by atoms with van der Waals surface area (Å²) in [5, 5.41) is 9.18. The minimum atomic E-state index is -0.915. The van der Waals surface area contributed by atoms with E-state index in [2.05, 4.69) is 0 Å². The first-order valence-corrected chi connectivity index (χ1v) is 8.86. The lowest BCUT2D eigenvalue weighted by Gasteiger charge is -2.26. The second-order valence-corrected chi connectivity index (χ2v) is 7.08. The molecule has 1 saturated carbocycles. The van der Waals surface area contributed by atoms with Crippen molar-refractivity contribution in [2.75, 3.05) is 13.2 Å². The lowest BCUT2D eigenvalue weighted by atomic mass is 9.79. The molecule has 0 spiro atoms. The minimum absolute atomic E-state index is 0.214. The van der Waals surface area contributed by atoms with Gasteiger partial charge in [-0.1, -0.05) is 19.8 Å². The molecule has 0 heterocycles. The van der Waals surface area contributed by atoms with Gasteiger partial charge in [0, 0.05) is 0 Å². The number of esters is 2. The van der Waals surface area contributed by atoms with E-state index in [9.17, 15) is 19.5 Å². The van der Waals surface area contributed by atoms with Crippen molar-refractivity contribution in [1.29, 1.82) is 0 Å². The van der Waals surface area contributed by atoms with Gasteiger partial charge < -0.3 is 14.6 Å². The number of hydrogen-bond donors (Lipinski definition) is 1. The summed E-state index contributed by atoms with van der Waals surface area (Å²) in [5.74, 6) is -2.69. The summed E-state index contributed by atoms with van der Waals surface area (Å²) in [5.41, 5.74) is -0.473. The van der Waals surface area contributed by atoms with E-state index in [4.69, 9.17) is 9.47 Å². The van der Waals surface area contributed by atoms with Crippen molar-refractivity contribution in [1.82, 2.24) is 0 Å². The van der Waals surface area contributed by atoms with Gasteiger partial charge in [-0.25, -0.2) is 0 Å². The van der Waals surface area contributed by atoms with Crippen molar-refractivity contribution in [3.8, 4) is 0 Å². The molecule has 0 saturated heterocycles. The Labute approximate surface area is 143 Å². The van der Waals surface area contributed by atoms with Gasteiger partial charge in [0.15, 0.2) is 0 Å². The molecule has 138 valence electrons. The molecule has 6 heteroatoms. The molecular weight excluding hydrogens is 312 g/mol. The highest BCUT2D eigenvalue weighted by Gasteiger charge is 2.36. The van der Waals surface area contributed by atoms with Crippen molar-refractivity contribution in [3.63, 3.8) is 0 Å². The van der Waals surface area contributed by atoms with E-state index >= 15 is 0 Å². The van der Waals surface area contributed by atoms with Crippen LogP contribution in [0, 0.1) is 17.3 Å². The van der Waals surface area contributed by atoms with E-state index in [1.54, 1.807) is 0 Å². The highest BCUT2D eigenvalue weighted by atomic mass is 16.5. The van der Waals surface area contributed by atoms with Gasteiger partial charge in [0.1, 0.15) is 0 Å². The molecule has 1 aliphatic carbocycles. The Hall–Kier alpha value is -1.59. The zero-order valence-corrected chi connectivity index (χ0v) is 15.0. The number of carboxylic acid groups (broad SMARTS) is 1. The highest BCUT2D eigenvalue weighted by molar-refractivity contribution is 5.81. The fraction of sp³-hybridized carbons (Fsp3) is 0.833. The van der Waals surface area contributed by atoms with Crippen molar-refractivity contribution < 1.29 is 29.0 Å². The lowest BCUT2D eigenvalue weighted by molar-refractivity contribution is -0.160. The van der Waals surface area contributed by atoms with Crippen LogP contribution in [0.5, 0.6) is 0 Å². The Morgan fingerprint density at radius 3 is 2.08 bits per heavy atom. The number of carbonyl (C=O) groups is 3. The Morgan fingerprint density at radius 1 is 1.00 bits per heavy atom. The molecule has 1 aliphatic rings. The van der Waals surface area contributed by atoms with Crippen LogP contribution in [-0.4, -0.2) is 36.2 Å². The van der Waals surface area contributed by atoms with Crippen LogP contribution in [0.25, 0.3) is 0 Å².